The summed E-state index contributed by atoms with van der Waals surface area (Å²) in [4.78, 5) is 16.6. The van der Waals surface area contributed by atoms with Gasteiger partial charge in [0.2, 0.25) is 0 Å². The number of benzene rings is 1. The van der Waals surface area contributed by atoms with E-state index >= 15 is 0 Å². The lowest BCUT2D eigenvalue weighted by Gasteiger charge is -2.21. The molecule has 1 aromatic carbocycles. The first-order valence-electron chi connectivity index (χ1n) is 9.76. The number of aryl methyl sites for hydroxylation is 2. The number of hydrogen-bond acceptors (Lipinski definition) is 4. The van der Waals surface area contributed by atoms with Crippen LogP contribution in [-0.4, -0.2) is 36.5 Å². The Morgan fingerprint density at radius 2 is 1.71 bits per heavy atom. The zero-order chi connectivity index (χ0) is 24.8. The normalized spacial score (nSPS) is 12.4. The summed E-state index contributed by atoms with van der Waals surface area (Å²) in [6.45, 7) is 1.77. The first kappa shape index (κ1) is 23.3. The molecule has 4 aromatic rings. The van der Waals surface area contributed by atoms with Crippen molar-refractivity contribution >= 4 is 11.6 Å². The van der Waals surface area contributed by atoms with Gasteiger partial charge in [0.1, 0.15) is 11.5 Å². The highest BCUT2D eigenvalue weighted by atomic mass is 19.4. The second-order valence-electron chi connectivity index (χ2n) is 7.49. The van der Waals surface area contributed by atoms with Crippen LogP contribution in [0.1, 0.15) is 27.6 Å². The number of carbonyl (C=O) groups is 1. The minimum atomic E-state index is -5.94. The summed E-state index contributed by atoms with van der Waals surface area (Å²) in [5.41, 5.74) is -1.20. The van der Waals surface area contributed by atoms with Gasteiger partial charge in [-0.1, -0.05) is 0 Å². The fraction of sp³-hybridized carbons (Fsp3) is 0.238. The van der Waals surface area contributed by atoms with Crippen LogP contribution >= 0.6 is 0 Å². The Balaban J connectivity index is 1.77. The molecule has 0 unspecified atom stereocenters. The van der Waals surface area contributed by atoms with Gasteiger partial charge in [0, 0.05) is 18.7 Å². The van der Waals surface area contributed by atoms with E-state index in [-0.39, 0.29) is 22.3 Å². The van der Waals surface area contributed by atoms with Crippen LogP contribution in [0.4, 0.5) is 26.3 Å². The van der Waals surface area contributed by atoms with Crippen LogP contribution in [0.2, 0.25) is 0 Å². The van der Waals surface area contributed by atoms with Crippen molar-refractivity contribution in [2.75, 3.05) is 0 Å². The third-order valence-electron chi connectivity index (χ3n) is 5.01. The lowest BCUT2D eigenvalue weighted by Crippen LogP contribution is -2.36. The average molecular weight is 482 g/mol. The van der Waals surface area contributed by atoms with Crippen molar-refractivity contribution in [2.24, 2.45) is 7.05 Å². The van der Waals surface area contributed by atoms with Gasteiger partial charge in [-0.15, -0.1) is 0 Å². The summed E-state index contributed by atoms with van der Waals surface area (Å²) >= 11 is 0. The molecular weight excluding hydrogens is 466 g/mol. The van der Waals surface area contributed by atoms with Crippen molar-refractivity contribution in [2.45, 2.75) is 25.6 Å². The molecule has 0 fully saturated rings. The number of hydrogen-bond donors (Lipinski definition) is 1. The van der Waals surface area contributed by atoms with Crippen LogP contribution in [0.3, 0.4) is 0 Å². The molecule has 1 N–H and O–H groups in total. The molecule has 1 amide bonds. The number of alkyl halides is 5. The van der Waals surface area contributed by atoms with Crippen molar-refractivity contribution in [1.82, 2.24) is 29.7 Å². The Hall–Kier alpha value is -3.90. The molecule has 0 saturated heterocycles. The van der Waals surface area contributed by atoms with Gasteiger partial charge < -0.3 is 5.32 Å². The number of amides is 1. The largest absolute Gasteiger partial charge is 0.459 e. The number of nitrogens with zero attached hydrogens (tertiary/aromatic N) is 5. The fourth-order valence-corrected chi connectivity index (χ4v) is 3.31. The number of fused-ring (bicyclic) bond motifs is 1. The van der Waals surface area contributed by atoms with E-state index in [0.717, 1.165) is 18.2 Å². The summed E-state index contributed by atoms with van der Waals surface area (Å²) in [6.07, 6.45) is -5.94. The number of halogens is 6. The zero-order valence-corrected chi connectivity index (χ0v) is 17.7. The van der Waals surface area contributed by atoms with Gasteiger partial charge in [-0.3, -0.25) is 9.48 Å². The molecule has 4 rings (SSSR count). The third kappa shape index (κ3) is 4.20. The minimum absolute atomic E-state index is 0.0177. The predicted octanol–water partition coefficient (Wildman–Crippen LogP) is 4.16. The first-order valence-corrected chi connectivity index (χ1v) is 9.76. The van der Waals surface area contributed by atoms with E-state index in [2.05, 4.69) is 20.5 Å². The second-order valence-corrected chi connectivity index (χ2v) is 7.49. The SMILES string of the molecule is Cc1cc(CNC(=O)c2cc3nc(-c4ccc(F)cc4)cc(C(F)(F)C(F)(F)F)n3n2)n(C)n1. The van der Waals surface area contributed by atoms with Gasteiger partial charge >= 0.3 is 12.1 Å². The second kappa shape index (κ2) is 8.15. The van der Waals surface area contributed by atoms with Gasteiger partial charge in [-0.2, -0.15) is 32.1 Å². The van der Waals surface area contributed by atoms with Crippen LogP contribution in [0.5, 0.6) is 0 Å². The molecule has 0 aliphatic rings. The van der Waals surface area contributed by atoms with E-state index in [1.807, 2.05) is 0 Å². The molecule has 178 valence electrons. The van der Waals surface area contributed by atoms with Crippen molar-refractivity contribution in [3.63, 3.8) is 0 Å². The molecule has 7 nitrogen and oxygen atoms in total. The van der Waals surface area contributed by atoms with E-state index in [0.29, 0.717) is 17.5 Å². The van der Waals surface area contributed by atoms with Crippen LogP contribution in [0, 0.1) is 12.7 Å². The summed E-state index contributed by atoms with van der Waals surface area (Å²) in [5, 5.41) is 10.3. The van der Waals surface area contributed by atoms with Crippen molar-refractivity contribution < 1.29 is 31.1 Å². The molecule has 0 saturated carbocycles. The highest BCUT2D eigenvalue weighted by molar-refractivity contribution is 5.93. The topological polar surface area (TPSA) is 77.1 Å². The molecule has 0 radical (unpaired) electrons. The van der Waals surface area contributed by atoms with Crippen molar-refractivity contribution in [1.29, 1.82) is 0 Å². The Labute approximate surface area is 188 Å². The molecule has 13 heteroatoms. The van der Waals surface area contributed by atoms with Crippen molar-refractivity contribution in [3.8, 4) is 11.3 Å². The van der Waals surface area contributed by atoms with Crippen molar-refractivity contribution in [3.05, 3.63) is 71.1 Å². The smallest absolute Gasteiger partial charge is 0.345 e. The van der Waals surface area contributed by atoms with E-state index < -0.39 is 40.9 Å². The summed E-state index contributed by atoms with van der Waals surface area (Å²) in [7, 11) is 1.66. The maximum atomic E-state index is 14.4. The molecule has 34 heavy (non-hydrogen) atoms. The molecule has 0 aliphatic heterocycles. The molecule has 3 aromatic heterocycles. The van der Waals surface area contributed by atoms with E-state index in [4.69, 9.17) is 0 Å². The number of carbonyl (C=O) groups excluding carboxylic acids is 1. The summed E-state index contributed by atoms with van der Waals surface area (Å²) < 4.78 is 83.4. The number of rotatable bonds is 5. The number of nitrogens with one attached hydrogen (secondary N) is 1. The lowest BCUT2D eigenvalue weighted by molar-refractivity contribution is -0.291. The molecule has 0 spiro atoms. The highest BCUT2D eigenvalue weighted by Crippen LogP contribution is 2.44. The highest BCUT2D eigenvalue weighted by Gasteiger charge is 2.60. The van der Waals surface area contributed by atoms with Gasteiger partial charge in [0.25, 0.3) is 5.91 Å². The molecule has 0 atom stereocenters. The van der Waals surface area contributed by atoms with Gasteiger partial charge in [-0.05, 0) is 43.3 Å². The van der Waals surface area contributed by atoms with E-state index in [9.17, 15) is 31.1 Å². The van der Waals surface area contributed by atoms with E-state index in [1.165, 1.54) is 16.8 Å². The molecule has 0 bridgehead atoms. The summed E-state index contributed by atoms with van der Waals surface area (Å²) in [6, 6.07) is 7.61. The average Bonchev–Trinajstić information content (AvgIpc) is 3.33. The lowest BCUT2D eigenvalue weighted by atomic mass is 10.1. The quantitative estimate of drug-likeness (QED) is 0.434. The van der Waals surface area contributed by atoms with E-state index in [1.54, 1.807) is 20.0 Å². The van der Waals surface area contributed by atoms with Gasteiger partial charge in [0.15, 0.2) is 11.3 Å². The molecule has 3 heterocycles. The molecule has 0 aliphatic carbocycles. The van der Waals surface area contributed by atoms with Crippen LogP contribution < -0.4 is 5.32 Å². The van der Waals surface area contributed by atoms with Gasteiger partial charge in [0.05, 0.1) is 23.6 Å². The Morgan fingerprint density at radius 3 is 2.29 bits per heavy atom. The minimum Gasteiger partial charge on any atom is -0.345 e. The van der Waals surface area contributed by atoms with Crippen LogP contribution in [-0.2, 0) is 19.5 Å². The number of aromatic nitrogens is 5. The Kier molecular flexibility index (Phi) is 5.58. The van der Waals surface area contributed by atoms with Crippen LogP contribution in [0.15, 0.2) is 42.5 Å². The fourth-order valence-electron chi connectivity index (χ4n) is 3.31. The summed E-state index contributed by atoms with van der Waals surface area (Å²) in [5.74, 6) is -6.75. The first-order chi connectivity index (χ1) is 15.9. The standard InChI is InChI=1S/C21H16F6N6O/c1-11-7-14(32(2)30-11)10-28-19(34)16-9-18-29-15(12-3-5-13(22)6-4-12)8-17(33(18)31-16)20(23,24)21(25,26)27/h3-9H,10H2,1-2H3,(H,28,34). The zero-order valence-electron chi connectivity index (χ0n) is 17.7. The molecular formula is C21H16F6N6O. The maximum absolute atomic E-state index is 14.4. The monoisotopic (exact) mass is 482 g/mol. The Bertz CT molecular complexity index is 1370. The Morgan fingerprint density at radius 1 is 1.03 bits per heavy atom. The third-order valence-corrected chi connectivity index (χ3v) is 5.01. The van der Waals surface area contributed by atoms with Gasteiger partial charge in [-0.25, -0.2) is 13.9 Å². The maximum Gasteiger partial charge on any atom is 0.459 e. The predicted molar refractivity (Wildman–Crippen MR) is 107 cm³/mol. The van der Waals surface area contributed by atoms with Crippen LogP contribution in [0.25, 0.3) is 16.9 Å².